The second-order valence-electron chi connectivity index (χ2n) is 4.41. The number of hydrogen-bond donors (Lipinski definition) is 1. The Bertz CT molecular complexity index is 517. The average Bonchev–Trinajstić information content (AvgIpc) is 2.79. The summed E-state index contributed by atoms with van der Waals surface area (Å²) in [5.74, 6) is -1.64. The summed E-state index contributed by atoms with van der Waals surface area (Å²) >= 11 is 0. The third kappa shape index (κ3) is 2.58. The monoisotopic (exact) mass is 267 g/mol. The minimum atomic E-state index is -0.699. The van der Waals surface area contributed by atoms with E-state index in [1.807, 2.05) is 0 Å². The number of hydrogen-bond acceptors (Lipinski definition) is 4. The van der Waals surface area contributed by atoms with Gasteiger partial charge in [-0.2, -0.15) is 0 Å². The number of halogens is 1. The van der Waals surface area contributed by atoms with Crippen LogP contribution in [0.15, 0.2) is 18.2 Å². The first-order chi connectivity index (χ1) is 9.06. The van der Waals surface area contributed by atoms with Gasteiger partial charge in [0, 0.05) is 25.5 Å². The SMILES string of the molecule is COC(=O)c1cc(F)ccc1N1CC(CO)CC1=O. The molecule has 19 heavy (non-hydrogen) atoms. The molecule has 1 aliphatic heterocycles. The fraction of sp³-hybridized carbons (Fsp3) is 0.385. The molecule has 1 amide bonds. The molecule has 1 aromatic carbocycles. The van der Waals surface area contributed by atoms with Gasteiger partial charge in [-0.05, 0) is 18.2 Å². The van der Waals surface area contributed by atoms with Gasteiger partial charge < -0.3 is 14.7 Å². The number of methoxy groups -OCH3 is 1. The molecule has 0 bridgehead atoms. The average molecular weight is 267 g/mol. The van der Waals surface area contributed by atoms with Gasteiger partial charge in [0.1, 0.15) is 5.82 Å². The molecule has 2 rings (SSSR count). The molecule has 5 nitrogen and oxygen atoms in total. The molecule has 1 N–H and O–H groups in total. The first-order valence-electron chi connectivity index (χ1n) is 5.86. The molecule has 6 heteroatoms. The molecule has 102 valence electrons. The standard InChI is InChI=1S/C13H14FNO4/c1-19-13(18)10-5-9(14)2-3-11(10)15-6-8(7-16)4-12(15)17/h2-3,5,8,16H,4,6-7H2,1H3. The van der Waals surface area contributed by atoms with E-state index in [0.717, 1.165) is 6.07 Å². The number of ether oxygens (including phenoxy) is 1. The summed E-state index contributed by atoms with van der Waals surface area (Å²) in [6.07, 6.45) is 0.217. The lowest BCUT2D eigenvalue weighted by atomic mass is 10.1. The largest absolute Gasteiger partial charge is 0.465 e. The zero-order valence-electron chi connectivity index (χ0n) is 10.4. The number of benzene rings is 1. The molecule has 0 spiro atoms. The van der Waals surface area contributed by atoms with Crippen LogP contribution in [-0.2, 0) is 9.53 Å². The van der Waals surface area contributed by atoms with E-state index in [0.29, 0.717) is 12.2 Å². The van der Waals surface area contributed by atoms with Crippen molar-refractivity contribution in [3.05, 3.63) is 29.6 Å². The van der Waals surface area contributed by atoms with Crippen molar-refractivity contribution >= 4 is 17.6 Å². The van der Waals surface area contributed by atoms with E-state index in [2.05, 4.69) is 4.74 Å². The van der Waals surface area contributed by atoms with Crippen LogP contribution in [0.5, 0.6) is 0 Å². The smallest absolute Gasteiger partial charge is 0.340 e. The van der Waals surface area contributed by atoms with Crippen LogP contribution in [0.3, 0.4) is 0 Å². The zero-order chi connectivity index (χ0) is 14.0. The Hall–Kier alpha value is -1.95. The lowest BCUT2D eigenvalue weighted by Gasteiger charge is -2.19. The quantitative estimate of drug-likeness (QED) is 0.828. The number of carbonyl (C=O) groups excluding carboxylic acids is 2. The maximum absolute atomic E-state index is 13.2. The maximum atomic E-state index is 13.2. The molecule has 1 aromatic rings. The van der Waals surface area contributed by atoms with Crippen LogP contribution in [0.25, 0.3) is 0 Å². The van der Waals surface area contributed by atoms with E-state index >= 15 is 0 Å². The summed E-state index contributed by atoms with van der Waals surface area (Å²) in [5, 5.41) is 9.09. The summed E-state index contributed by atoms with van der Waals surface area (Å²) in [7, 11) is 1.19. The van der Waals surface area contributed by atoms with Gasteiger partial charge in [0.15, 0.2) is 0 Å². The van der Waals surface area contributed by atoms with Gasteiger partial charge >= 0.3 is 5.97 Å². The van der Waals surface area contributed by atoms with Crippen LogP contribution in [0.2, 0.25) is 0 Å². The summed E-state index contributed by atoms with van der Waals surface area (Å²) in [5.41, 5.74) is 0.323. The van der Waals surface area contributed by atoms with Crippen molar-refractivity contribution in [2.24, 2.45) is 5.92 Å². The second-order valence-corrected chi connectivity index (χ2v) is 4.41. The van der Waals surface area contributed by atoms with Crippen molar-refractivity contribution in [3.63, 3.8) is 0 Å². The Balaban J connectivity index is 2.39. The van der Waals surface area contributed by atoms with Crippen LogP contribution in [0.1, 0.15) is 16.8 Å². The highest BCUT2D eigenvalue weighted by Crippen LogP contribution is 2.29. The van der Waals surface area contributed by atoms with Crippen LogP contribution in [-0.4, -0.2) is 37.2 Å². The molecule has 0 aromatic heterocycles. The predicted octanol–water partition coefficient (Wildman–Crippen LogP) is 0.958. The first kappa shape index (κ1) is 13.5. The maximum Gasteiger partial charge on any atom is 0.340 e. The number of amides is 1. The molecule has 1 heterocycles. The van der Waals surface area contributed by atoms with Gasteiger partial charge in [-0.25, -0.2) is 9.18 Å². The van der Waals surface area contributed by atoms with Crippen molar-refractivity contribution in [1.29, 1.82) is 0 Å². The number of nitrogens with zero attached hydrogens (tertiary/aromatic N) is 1. The highest BCUT2D eigenvalue weighted by Gasteiger charge is 2.32. The van der Waals surface area contributed by atoms with Gasteiger partial charge in [-0.15, -0.1) is 0 Å². The molecule has 0 radical (unpaired) electrons. The fourth-order valence-electron chi connectivity index (χ4n) is 2.15. The van der Waals surface area contributed by atoms with Gasteiger partial charge in [0.05, 0.1) is 18.4 Å². The molecule has 0 aliphatic carbocycles. The third-order valence-corrected chi connectivity index (χ3v) is 3.12. The molecular weight excluding hydrogens is 253 g/mol. The molecule has 1 fully saturated rings. The Morgan fingerprint density at radius 2 is 2.32 bits per heavy atom. The lowest BCUT2D eigenvalue weighted by Crippen LogP contribution is -2.27. The number of esters is 1. The third-order valence-electron chi connectivity index (χ3n) is 3.12. The van der Waals surface area contributed by atoms with Crippen molar-refractivity contribution in [2.45, 2.75) is 6.42 Å². The van der Waals surface area contributed by atoms with E-state index in [9.17, 15) is 14.0 Å². The summed E-state index contributed by atoms with van der Waals surface area (Å²) in [6, 6.07) is 3.60. The Morgan fingerprint density at radius 3 is 2.89 bits per heavy atom. The van der Waals surface area contributed by atoms with Gasteiger partial charge in [0.25, 0.3) is 0 Å². The zero-order valence-corrected chi connectivity index (χ0v) is 10.4. The molecular formula is C13H14FNO4. The van der Waals surface area contributed by atoms with Crippen molar-refractivity contribution < 1.29 is 23.8 Å². The van der Waals surface area contributed by atoms with Gasteiger partial charge in [0.2, 0.25) is 5.91 Å². The van der Waals surface area contributed by atoms with Gasteiger partial charge in [-0.3, -0.25) is 4.79 Å². The minimum absolute atomic E-state index is 0.00874. The Morgan fingerprint density at radius 1 is 1.58 bits per heavy atom. The van der Waals surface area contributed by atoms with Crippen molar-refractivity contribution in [1.82, 2.24) is 0 Å². The lowest BCUT2D eigenvalue weighted by molar-refractivity contribution is -0.117. The normalized spacial score (nSPS) is 18.8. The van der Waals surface area contributed by atoms with Crippen molar-refractivity contribution in [2.75, 3.05) is 25.2 Å². The van der Waals surface area contributed by atoms with Gasteiger partial charge in [-0.1, -0.05) is 0 Å². The van der Waals surface area contributed by atoms with Crippen LogP contribution in [0, 0.1) is 11.7 Å². The Kier molecular flexibility index (Phi) is 3.80. The Labute approximate surface area is 109 Å². The van der Waals surface area contributed by atoms with Crippen LogP contribution >= 0.6 is 0 Å². The van der Waals surface area contributed by atoms with E-state index in [1.165, 1.54) is 24.1 Å². The molecule has 0 saturated carbocycles. The molecule has 1 atom stereocenters. The number of rotatable bonds is 3. The number of anilines is 1. The first-order valence-corrected chi connectivity index (χ1v) is 5.86. The summed E-state index contributed by atoms with van der Waals surface area (Å²) < 4.78 is 17.8. The van der Waals surface area contributed by atoms with Crippen molar-refractivity contribution in [3.8, 4) is 0 Å². The van der Waals surface area contributed by atoms with E-state index < -0.39 is 11.8 Å². The second kappa shape index (κ2) is 5.36. The molecule has 1 saturated heterocycles. The number of carbonyl (C=O) groups is 2. The molecule has 1 unspecified atom stereocenters. The summed E-state index contributed by atoms with van der Waals surface area (Å²) in [4.78, 5) is 24.9. The number of aliphatic hydroxyl groups is 1. The highest BCUT2D eigenvalue weighted by molar-refractivity contribution is 6.03. The van der Waals surface area contributed by atoms with E-state index in [1.54, 1.807) is 0 Å². The van der Waals surface area contributed by atoms with E-state index in [4.69, 9.17) is 5.11 Å². The predicted molar refractivity (Wildman–Crippen MR) is 65.3 cm³/mol. The van der Waals surface area contributed by atoms with Crippen LogP contribution < -0.4 is 4.90 Å². The van der Waals surface area contributed by atoms with E-state index in [-0.39, 0.29) is 30.4 Å². The van der Waals surface area contributed by atoms with Crippen LogP contribution in [0.4, 0.5) is 10.1 Å². The minimum Gasteiger partial charge on any atom is -0.465 e. The fourth-order valence-corrected chi connectivity index (χ4v) is 2.15. The molecule has 1 aliphatic rings. The number of aliphatic hydroxyl groups excluding tert-OH is 1. The topological polar surface area (TPSA) is 66.8 Å². The summed E-state index contributed by atoms with van der Waals surface area (Å²) in [6.45, 7) is 0.210. The highest BCUT2D eigenvalue weighted by atomic mass is 19.1.